The Morgan fingerprint density at radius 3 is 2.57 bits per heavy atom. The van der Waals surface area contributed by atoms with Gasteiger partial charge in [-0.2, -0.15) is 0 Å². The maximum atomic E-state index is 11.2. The molecule has 3 N–H and O–H groups in total. The van der Waals surface area contributed by atoms with E-state index in [1.165, 1.54) is 0 Å². The van der Waals surface area contributed by atoms with Crippen LogP contribution in [0.25, 0.3) is 0 Å². The molecule has 0 radical (unpaired) electrons. The van der Waals surface area contributed by atoms with Gasteiger partial charge in [-0.1, -0.05) is 6.07 Å². The van der Waals surface area contributed by atoms with E-state index in [0.29, 0.717) is 11.4 Å². The summed E-state index contributed by atoms with van der Waals surface area (Å²) in [5.41, 5.74) is 7.67. The molecule has 1 aromatic carbocycles. The summed E-state index contributed by atoms with van der Waals surface area (Å²) in [5, 5.41) is 0. The van der Waals surface area contributed by atoms with Gasteiger partial charge in [-0.25, -0.2) is 8.42 Å². The molecule has 0 atom stereocenters. The predicted molar refractivity (Wildman–Crippen MR) is 58.7 cm³/mol. The zero-order valence-electron chi connectivity index (χ0n) is 8.24. The number of sulfonamides is 1. The zero-order valence-corrected chi connectivity index (χ0v) is 9.06. The second-order valence-corrected chi connectivity index (χ2v) is 5.09. The van der Waals surface area contributed by atoms with Crippen LogP contribution in [0.2, 0.25) is 0 Å². The van der Waals surface area contributed by atoms with Crippen LogP contribution in [-0.4, -0.2) is 14.2 Å². The Hall–Kier alpha value is -1.23. The lowest BCUT2D eigenvalue weighted by Gasteiger charge is -2.07. The average Bonchev–Trinajstić information content (AvgIpc) is 2.11. The number of aryl methyl sites for hydroxylation is 1. The summed E-state index contributed by atoms with van der Waals surface area (Å²) in [6, 6.07) is 5.09. The molecule has 0 aliphatic heterocycles. The number of rotatable bonds is 3. The molecule has 78 valence electrons. The molecule has 14 heavy (non-hydrogen) atoms. The van der Waals surface area contributed by atoms with Gasteiger partial charge in [0.25, 0.3) is 0 Å². The number of anilines is 2. The van der Waals surface area contributed by atoms with Crippen molar-refractivity contribution in [2.24, 2.45) is 0 Å². The van der Waals surface area contributed by atoms with Gasteiger partial charge in [-0.3, -0.25) is 4.72 Å². The molecule has 1 rings (SSSR count). The van der Waals surface area contributed by atoms with E-state index in [-0.39, 0.29) is 5.75 Å². The van der Waals surface area contributed by atoms with Crippen molar-refractivity contribution < 1.29 is 8.42 Å². The highest BCUT2D eigenvalue weighted by molar-refractivity contribution is 7.92. The van der Waals surface area contributed by atoms with E-state index in [1.54, 1.807) is 25.1 Å². The fourth-order valence-electron chi connectivity index (χ4n) is 0.956. The average molecular weight is 214 g/mol. The molecule has 0 saturated heterocycles. The number of benzene rings is 1. The van der Waals surface area contributed by atoms with Crippen molar-refractivity contribution in [3.63, 3.8) is 0 Å². The van der Waals surface area contributed by atoms with Gasteiger partial charge in [0.05, 0.1) is 11.4 Å². The SMILES string of the molecule is CCS(=O)(=O)Nc1ccc(C)c(N)c1. The Labute approximate surface area is 84.2 Å². The first kappa shape index (κ1) is 10.8. The normalized spacial score (nSPS) is 11.3. The third-order valence-corrected chi connectivity index (χ3v) is 3.24. The van der Waals surface area contributed by atoms with Crippen LogP contribution < -0.4 is 10.5 Å². The van der Waals surface area contributed by atoms with Crippen molar-refractivity contribution in [1.82, 2.24) is 0 Å². The molecule has 0 heterocycles. The summed E-state index contributed by atoms with van der Waals surface area (Å²) in [5.74, 6) is 0.0563. The monoisotopic (exact) mass is 214 g/mol. The molecular formula is C9H14N2O2S. The lowest BCUT2D eigenvalue weighted by Crippen LogP contribution is -2.14. The number of nitrogen functional groups attached to an aromatic ring is 1. The van der Waals surface area contributed by atoms with Crippen molar-refractivity contribution in [1.29, 1.82) is 0 Å². The Kier molecular flexibility index (Phi) is 3.00. The number of nitrogens with one attached hydrogen (secondary N) is 1. The van der Waals surface area contributed by atoms with E-state index in [9.17, 15) is 8.42 Å². The first-order valence-corrected chi connectivity index (χ1v) is 5.96. The summed E-state index contributed by atoms with van der Waals surface area (Å²) in [7, 11) is -3.21. The molecule has 1 aromatic rings. The molecule has 0 aromatic heterocycles. The maximum Gasteiger partial charge on any atom is 0.232 e. The van der Waals surface area contributed by atoms with Gasteiger partial charge >= 0.3 is 0 Å². The summed E-state index contributed by atoms with van der Waals surface area (Å²) in [6.07, 6.45) is 0. The van der Waals surface area contributed by atoms with Crippen molar-refractivity contribution in [3.8, 4) is 0 Å². The summed E-state index contributed by atoms with van der Waals surface area (Å²) in [4.78, 5) is 0. The molecule has 0 aliphatic rings. The Balaban J connectivity index is 2.94. The Bertz CT molecular complexity index is 426. The van der Waals surface area contributed by atoms with E-state index in [4.69, 9.17) is 5.73 Å². The van der Waals surface area contributed by atoms with Crippen LogP contribution in [-0.2, 0) is 10.0 Å². The van der Waals surface area contributed by atoms with Crippen molar-refractivity contribution >= 4 is 21.4 Å². The molecule has 0 unspecified atom stereocenters. The minimum Gasteiger partial charge on any atom is -0.398 e. The molecule has 0 aliphatic carbocycles. The smallest absolute Gasteiger partial charge is 0.232 e. The maximum absolute atomic E-state index is 11.2. The molecule has 0 fully saturated rings. The Morgan fingerprint density at radius 2 is 2.07 bits per heavy atom. The second-order valence-electron chi connectivity index (χ2n) is 3.08. The van der Waals surface area contributed by atoms with Crippen LogP contribution in [0.1, 0.15) is 12.5 Å². The van der Waals surface area contributed by atoms with Gasteiger partial charge in [-0.15, -0.1) is 0 Å². The van der Waals surface area contributed by atoms with Gasteiger partial charge in [0.1, 0.15) is 0 Å². The van der Waals surface area contributed by atoms with Crippen LogP contribution in [0.5, 0.6) is 0 Å². The number of hydrogen-bond donors (Lipinski definition) is 2. The largest absolute Gasteiger partial charge is 0.398 e. The highest BCUT2D eigenvalue weighted by Crippen LogP contribution is 2.17. The van der Waals surface area contributed by atoms with E-state index in [2.05, 4.69) is 4.72 Å². The van der Waals surface area contributed by atoms with Crippen LogP contribution in [0.3, 0.4) is 0 Å². The van der Waals surface area contributed by atoms with Gasteiger partial charge in [0.15, 0.2) is 0 Å². The van der Waals surface area contributed by atoms with E-state index >= 15 is 0 Å². The molecule has 0 bridgehead atoms. The lowest BCUT2D eigenvalue weighted by molar-refractivity contribution is 0.602. The lowest BCUT2D eigenvalue weighted by atomic mass is 10.2. The van der Waals surface area contributed by atoms with E-state index in [1.807, 2.05) is 6.92 Å². The molecule has 0 saturated carbocycles. The van der Waals surface area contributed by atoms with Crippen LogP contribution in [0.4, 0.5) is 11.4 Å². The second kappa shape index (κ2) is 3.88. The van der Waals surface area contributed by atoms with Gasteiger partial charge in [0, 0.05) is 5.69 Å². The standard InChI is InChI=1S/C9H14N2O2S/c1-3-14(12,13)11-8-5-4-7(2)9(10)6-8/h4-6,11H,3,10H2,1-2H3. The fraction of sp³-hybridized carbons (Fsp3) is 0.333. The van der Waals surface area contributed by atoms with Crippen molar-refractivity contribution in [2.75, 3.05) is 16.2 Å². The first-order chi connectivity index (χ1) is 6.44. The highest BCUT2D eigenvalue weighted by Gasteiger charge is 2.06. The van der Waals surface area contributed by atoms with Crippen LogP contribution in [0.15, 0.2) is 18.2 Å². The van der Waals surface area contributed by atoms with Crippen molar-refractivity contribution in [2.45, 2.75) is 13.8 Å². The molecule has 5 heteroatoms. The highest BCUT2D eigenvalue weighted by atomic mass is 32.2. The van der Waals surface area contributed by atoms with Crippen LogP contribution >= 0.6 is 0 Å². The summed E-state index contributed by atoms with van der Waals surface area (Å²) in [6.45, 7) is 3.45. The first-order valence-electron chi connectivity index (χ1n) is 4.31. The van der Waals surface area contributed by atoms with Crippen LogP contribution in [0, 0.1) is 6.92 Å². The van der Waals surface area contributed by atoms with E-state index < -0.39 is 10.0 Å². The Morgan fingerprint density at radius 1 is 1.43 bits per heavy atom. The van der Waals surface area contributed by atoms with Gasteiger partial charge in [-0.05, 0) is 31.5 Å². The minimum absolute atomic E-state index is 0.0563. The quantitative estimate of drug-likeness (QED) is 0.746. The fourth-order valence-corrected chi connectivity index (χ4v) is 1.59. The number of nitrogens with two attached hydrogens (primary N) is 1. The summed E-state index contributed by atoms with van der Waals surface area (Å²) >= 11 is 0. The third-order valence-electron chi connectivity index (χ3n) is 1.93. The van der Waals surface area contributed by atoms with E-state index in [0.717, 1.165) is 5.56 Å². The topological polar surface area (TPSA) is 72.2 Å². The predicted octanol–water partition coefficient (Wildman–Crippen LogP) is 1.34. The van der Waals surface area contributed by atoms with Gasteiger partial charge in [0.2, 0.25) is 10.0 Å². The summed E-state index contributed by atoms with van der Waals surface area (Å²) < 4.78 is 24.9. The third kappa shape index (κ3) is 2.63. The molecule has 4 nitrogen and oxygen atoms in total. The molecular weight excluding hydrogens is 200 g/mol. The van der Waals surface area contributed by atoms with Crippen molar-refractivity contribution in [3.05, 3.63) is 23.8 Å². The number of hydrogen-bond acceptors (Lipinski definition) is 3. The van der Waals surface area contributed by atoms with Gasteiger partial charge < -0.3 is 5.73 Å². The molecule has 0 spiro atoms. The molecule has 0 amide bonds. The zero-order chi connectivity index (χ0) is 10.8. The minimum atomic E-state index is -3.21.